The van der Waals surface area contributed by atoms with Gasteiger partial charge < -0.3 is 14.2 Å². The quantitative estimate of drug-likeness (QED) is 0.630. The molecule has 0 bridgehead atoms. The molecule has 4 nitrogen and oxygen atoms in total. The Labute approximate surface area is 141 Å². The minimum Gasteiger partial charge on any atom is -0.493 e. The Kier molecular flexibility index (Phi) is 4.38. The zero-order valence-corrected chi connectivity index (χ0v) is 13.8. The van der Waals surface area contributed by atoms with E-state index in [1.807, 2.05) is 43.3 Å². The lowest BCUT2D eigenvalue weighted by atomic mass is 10.1. The standard InChI is InChI=1S/C20H18O4/c1-13-7-9-14(10-8-13)18-12-16(20(21)24-18)11-15-5-4-6-17(22-2)19(15)23-3/h4-12H,1-3H3/b16-11+. The number of para-hydroxylation sites is 1. The number of aryl methyl sites for hydroxylation is 1. The fraction of sp³-hybridized carbons (Fsp3) is 0.150. The van der Waals surface area contributed by atoms with Crippen LogP contribution in [0.25, 0.3) is 11.8 Å². The van der Waals surface area contributed by atoms with Crippen LogP contribution in [0.3, 0.4) is 0 Å². The second kappa shape index (κ2) is 6.62. The minimum absolute atomic E-state index is 0.379. The number of hydrogen-bond acceptors (Lipinski definition) is 4. The summed E-state index contributed by atoms with van der Waals surface area (Å²) in [7, 11) is 3.15. The average molecular weight is 322 g/mol. The molecule has 2 aromatic rings. The van der Waals surface area contributed by atoms with E-state index in [9.17, 15) is 4.79 Å². The molecular formula is C20H18O4. The van der Waals surface area contributed by atoms with E-state index in [1.54, 1.807) is 32.4 Å². The Hall–Kier alpha value is -3.01. The van der Waals surface area contributed by atoms with E-state index in [1.165, 1.54) is 0 Å². The summed E-state index contributed by atoms with van der Waals surface area (Å²) in [4.78, 5) is 12.2. The number of carbonyl (C=O) groups excluding carboxylic acids is 1. The van der Waals surface area contributed by atoms with E-state index in [0.717, 1.165) is 16.7 Å². The molecule has 0 spiro atoms. The van der Waals surface area contributed by atoms with E-state index in [2.05, 4.69) is 0 Å². The predicted octanol–water partition coefficient (Wildman–Crippen LogP) is 3.99. The Bertz CT molecular complexity index is 829. The molecule has 0 radical (unpaired) electrons. The molecule has 24 heavy (non-hydrogen) atoms. The molecular weight excluding hydrogens is 304 g/mol. The maximum Gasteiger partial charge on any atom is 0.343 e. The maximum atomic E-state index is 12.2. The van der Waals surface area contributed by atoms with E-state index < -0.39 is 0 Å². The fourth-order valence-electron chi connectivity index (χ4n) is 2.54. The van der Waals surface area contributed by atoms with Gasteiger partial charge in [0.2, 0.25) is 0 Å². The summed E-state index contributed by atoms with van der Waals surface area (Å²) in [6, 6.07) is 13.3. The SMILES string of the molecule is COc1cccc(/C=C2\C=C(c3ccc(C)cc3)OC2=O)c1OC. The third-order valence-electron chi connectivity index (χ3n) is 3.81. The van der Waals surface area contributed by atoms with Gasteiger partial charge in [-0.3, -0.25) is 0 Å². The highest BCUT2D eigenvalue weighted by atomic mass is 16.5. The molecule has 0 atom stereocenters. The number of esters is 1. The van der Waals surface area contributed by atoms with Crippen molar-refractivity contribution in [2.24, 2.45) is 0 Å². The van der Waals surface area contributed by atoms with E-state index in [0.29, 0.717) is 22.8 Å². The van der Waals surface area contributed by atoms with Crippen LogP contribution >= 0.6 is 0 Å². The van der Waals surface area contributed by atoms with Crippen molar-refractivity contribution in [1.29, 1.82) is 0 Å². The van der Waals surface area contributed by atoms with Crippen molar-refractivity contribution in [2.45, 2.75) is 6.92 Å². The average Bonchev–Trinajstić information content (AvgIpc) is 2.96. The second-order valence-electron chi connectivity index (χ2n) is 5.45. The van der Waals surface area contributed by atoms with Crippen LogP contribution in [0.15, 0.2) is 54.1 Å². The first kappa shape index (κ1) is 15.9. The van der Waals surface area contributed by atoms with Gasteiger partial charge in [0.25, 0.3) is 0 Å². The van der Waals surface area contributed by atoms with Gasteiger partial charge >= 0.3 is 5.97 Å². The third-order valence-corrected chi connectivity index (χ3v) is 3.81. The van der Waals surface area contributed by atoms with Crippen molar-refractivity contribution in [1.82, 2.24) is 0 Å². The van der Waals surface area contributed by atoms with Crippen molar-refractivity contribution >= 4 is 17.8 Å². The number of ether oxygens (including phenoxy) is 3. The Morgan fingerprint density at radius 2 is 1.75 bits per heavy atom. The predicted molar refractivity (Wildman–Crippen MR) is 92.8 cm³/mol. The van der Waals surface area contributed by atoms with Crippen LogP contribution in [-0.4, -0.2) is 20.2 Å². The van der Waals surface area contributed by atoms with Crippen molar-refractivity contribution in [3.63, 3.8) is 0 Å². The van der Waals surface area contributed by atoms with Gasteiger partial charge in [-0.25, -0.2) is 4.79 Å². The van der Waals surface area contributed by atoms with Crippen LogP contribution in [0.5, 0.6) is 11.5 Å². The summed E-state index contributed by atoms with van der Waals surface area (Å²) >= 11 is 0. The number of hydrogen-bond donors (Lipinski definition) is 0. The Morgan fingerprint density at radius 1 is 1.00 bits per heavy atom. The topological polar surface area (TPSA) is 44.8 Å². The van der Waals surface area contributed by atoms with Gasteiger partial charge in [-0.1, -0.05) is 42.0 Å². The van der Waals surface area contributed by atoms with Gasteiger partial charge in [-0.15, -0.1) is 0 Å². The first-order chi connectivity index (χ1) is 11.6. The molecule has 1 aliphatic heterocycles. The molecule has 0 unspecified atom stereocenters. The molecule has 1 heterocycles. The van der Waals surface area contributed by atoms with Crippen molar-refractivity contribution < 1.29 is 19.0 Å². The Balaban J connectivity index is 1.99. The summed E-state index contributed by atoms with van der Waals surface area (Å²) in [5.41, 5.74) is 3.25. The van der Waals surface area contributed by atoms with Crippen molar-refractivity contribution in [3.8, 4) is 11.5 Å². The molecule has 0 saturated heterocycles. The van der Waals surface area contributed by atoms with Gasteiger partial charge in [-0.2, -0.15) is 0 Å². The van der Waals surface area contributed by atoms with Crippen molar-refractivity contribution in [2.75, 3.05) is 14.2 Å². The second-order valence-corrected chi connectivity index (χ2v) is 5.45. The van der Waals surface area contributed by atoms with Gasteiger partial charge in [0.1, 0.15) is 5.76 Å². The molecule has 0 aromatic heterocycles. The monoisotopic (exact) mass is 322 g/mol. The number of methoxy groups -OCH3 is 2. The number of cyclic esters (lactones) is 1. The van der Waals surface area contributed by atoms with Crippen molar-refractivity contribution in [3.05, 3.63) is 70.8 Å². The molecule has 0 aliphatic carbocycles. The van der Waals surface area contributed by atoms with Gasteiger partial charge in [0.05, 0.1) is 19.8 Å². The van der Waals surface area contributed by atoms with Gasteiger partial charge in [0, 0.05) is 11.1 Å². The number of carbonyl (C=O) groups is 1. The zero-order valence-electron chi connectivity index (χ0n) is 13.8. The molecule has 122 valence electrons. The van der Waals surface area contributed by atoms with Crippen LogP contribution in [-0.2, 0) is 9.53 Å². The summed E-state index contributed by atoms with van der Waals surface area (Å²) in [5.74, 6) is 1.36. The lowest BCUT2D eigenvalue weighted by Gasteiger charge is -2.10. The molecule has 0 fully saturated rings. The highest BCUT2D eigenvalue weighted by Gasteiger charge is 2.22. The van der Waals surface area contributed by atoms with E-state index >= 15 is 0 Å². The smallest absolute Gasteiger partial charge is 0.343 e. The summed E-state index contributed by atoms with van der Waals surface area (Å²) in [6.07, 6.45) is 3.48. The van der Waals surface area contributed by atoms with Crippen LogP contribution < -0.4 is 9.47 Å². The van der Waals surface area contributed by atoms with E-state index in [4.69, 9.17) is 14.2 Å². The third kappa shape index (κ3) is 3.04. The summed E-state index contributed by atoms with van der Waals surface area (Å²) < 4.78 is 16.1. The molecule has 0 N–H and O–H groups in total. The molecule has 4 heteroatoms. The first-order valence-electron chi connectivity index (χ1n) is 7.56. The van der Waals surface area contributed by atoms with Crippen LogP contribution in [0.2, 0.25) is 0 Å². The molecule has 2 aromatic carbocycles. The first-order valence-corrected chi connectivity index (χ1v) is 7.56. The lowest BCUT2D eigenvalue weighted by molar-refractivity contribution is -0.130. The fourth-order valence-corrected chi connectivity index (χ4v) is 2.54. The zero-order chi connectivity index (χ0) is 17.1. The normalized spacial score (nSPS) is 15.2. The number of benzene rings is 2. The van der Waals surface area contributed by atoms with Gasteiger partial charge in [-0.05, 0) is 25.1 Å². The van der Waals surface area contributed by atoms with E-state index in [-0.39, 0.29) is 5.97 Å². The summed E-state index contributed by atoms with van der Waals surface area (Å²) in [5, 5.41) is 0. The highest BCUT2D eigenvalue weighted by molar-refractivity contribution is 6.05. The maximum absolute atomic E-state index is 12.2. The van der Waals surface area contributed by atoms with Gasteiger partial charge in [0.15, 0.2) is 11.5 Å². The molecule has 1 aliphatic rings. The molecule has 0 amide bonds. The highest BCUT2D eigenvalue weighted by Crippen LogP contribution is 2.34. The van der Waals surface area contributed by atoms with Crippen LogP contribution in [0.1, 0.15) is 16.7 Å². The summed E-state index contributed by atoms with van der Waals surface area (Å²) in [6.45, 7) is 2.01. The number of rotatable bonds is 4. The largest absolute Gasteiger partial charge is 0.493 e. The molecule has 0 saturated carbocycles. The van der Waals surface area contributed by atoms with Crippen LogP contribution in [0, 0.1) is 6.92 Å². The lowest BCUT2D eigenvalue weighted by Crippen LogP contribution is -1.98. The Morgan fingerprint density at radius 3 is 2.42 bits per heavy atom. The van der Waals surface area contributed by atoms with Crippen LogP contribution in [0.4, 0.5) is 0 Å². The molecule has 3 rings (SSSR count). The minimum atomic E-state index is -0.379.